The fourth-order valence-electron chi connectivity index (χ4n) is 6.01. The highest BCUT2D eigenvalue weighted by Gasteiger charge is 2.31. The topological polar surface area (TPSA) is 29.5 Å². The van der Waals surface area contributed by atoms with Crippen molar-refractivity contribution in [2.24, 2.45) is 0 Å². The summed E-state index contributed by atoms with van der Waals surface area (Å²) >= 11 is 0. The highest BCUT2D eigenvalue weighted by Crippen LogP contribution is 2.33. The van der Waals surface area contributed by atoms with Crippen LogP contribution in [0.3, 0.4) is 0 Å². The Morgan fingerprint density at radius 2 is 1.50 bits per heavy atom. The zero-order valence-corrected chi connectivity index (χ0v) is 20.7. The molecule has 2 aliphatic rings. The number of rotatable bonds is 5. The van der Waals surface area contributed by atoms with E-state index >= 15 is 0 Å². The molecule has 182 valence electrons. The average Bonchev–Trinajstić information content (AvgIpc) is 2.95. The largest absolute Gasteiger partial charge is 0.491 e. The number of carbonyl (C=O) groups excluding carboxylic acids is 1. The van der Waals surface area contributed by atoms with Gasteiger partial charge in [-0.3, -0.25) is 4.79 Å². The summed E-state index contributed by atoms with van der Waals surface area (Å²) < 4.78 is 6.31. The maximum Gasteiger partial charge on any atom is 0.255 e. The Hall–Kier alpha value is -3.59. The lowest BCUT2D eigenvalue weighted by molar-refractivity contribution is 0.0568. The van der Waals surface area contributed by atoms with Crippen molar-refractivity contribution in [1.29, 1.82) is 0 Å². The molecule has 4 aromatic carbocycles. The van der Waals surface area contributed by atoms with Gasteiger partial charge in [0.15, 0.2) is 0 Å². The van der Waals surface area contributed by atoms with Crippen molar-refractivity contribution in [3.05, 3.63) is 113 Å². The van der Waals surface area contributed by atoms with E-state index in [0.717, 1.165) is 28.5 Å². The van der Waals surface area contributed by atoms with Crippen LogP contribution in [0.25, 0.3) is 10.8 Å². The lowest BCUT2D eigenvalue weighted by Gasteiger charge is -2.37. The summed E-state index contributed by atoms with van der Waals surface area (Å²) in [5.74, 6) is 1.64. The van der Waals surface area contributed by atoms with Gasteiger partial charge in [-0.05, 0) is 70.8 Å². The Kier molecular flexibility index (Phi) is 6.46. The standard InChI is InChI=1S/C33H33NO2/c35-33(32-16-8-14-26-11-6-7-15-31(26)32)34-22-28-13-5-4-12-27(28)21-29(34)23-36-30-19-17-25(18-20-30)24-9-2-1-3-10-24/h4-8,11-20,24,29H,1-3,9-10,21-23H2/t29-/m0/s1. The first-order chi connectivity index (χ1) is 17.8. The molecule has 36 heavy (non-hydrogen) atoms. The van der Waals surface area contributed by atoms with Gasteiger partial charge >= 0.3 is 0 Å². The normalized spacial score (nSPS) is 18.1. The van der Waals surface area contributed by atoms with Crippen LogP contribution in [0.4, 0.5) is 0 Å². The molecular formula is C33H33NO2. The van der Waals surface area contributed by atoms with Crippen LogP contribution in [-0.2, 0) is 13.0 Å². The van der Waals surface area contributed by atoms with E-state index in [2.05, 4.69) is 60.7 Å². The molecule has 1 fully saturated rings. The third kappa shape index (κ3) is 4.63. The van der Waals surface area contributed by atoms with E-state index in [-0.39, 0.29) is 11.9 Å². The zero-order valence-electron chi connectivity index (χ0n) is 20.7. The molecule has 4 aromatic rings. The molecule has 0 spiro atoms. The first kappa shape index (κ1) is 22.8. The zero-order chi connectivity index (χ0) is 24.3. The molecule has 1 aliphatic heterocycles. The Bertz CT molecular complexity index is 1350. The van der Waals surface area contributed by atoms with Crippen molar-refractivity contribution in [1.82, 2.24) is 4.90 Å². The summed E-state index contributed by atoms with van der Waals surface area (Å²) in [5.41, 5.74) is 4.72. The molecule has 1 amide bonds. The fraction of sp³-hybridized carbons (Fsp3) is 0.303. The van der Waals surface area contributed by atoms with Crippen LogP contribution in [0.1, 0.15) is 65.1 Å². The molecule has 0 unspecified atom stereocenters. The van der Waals surface area contributed by atoms with Crippen LogP contribution in [0.15, 0.2) is 91.0 Å². The molecule has 0 N–H and O–H groups in total. The van der Waals surface area contributed by atoms with Gasteiger partial charge in [0.25, 0.3) is 5.91 Å². The highest BCUT2D eigenvalue weighted by molar-refractivity contribution is 6.07. The van der Waals surface area contributed by atoms with Crippen molar-refractivity contribution < 1.29 is 9.53 Å². The average molecular weight is 476 g/mol. The Labute approximate surface area is 213 Å². The molecule has 0 saturated heterocycles. The van der Waals surface area contributed by atoms with Gasteiger partial charge < -0.3 is 9.64 Å². The second-order valence-corrected chi connectivity index (χ2v) is 10.3. The summed E-state index contributed by atoms with van der Waals surface area (Å²) in [6.07, 6.45) is 7.45. The van der Waals surface area contributed by atoms with Crippen LogP contribution >= 0.6 is 0 Å². The third-order valence-corrected chi connectivity index (χ3v) is 8.04. The molecule has 0 bridgehead atoms. The molecule has 1 atom stereocenters. The summed E-state index contributed by atoms with van der Waals surface area (Å²) in [4.78, 5) is 15.9. The Morgan fingerprint density at radius 3 is 2.33 bits per heavy atom. The molecule has 3 nitrogen and oxygen atoms in total. The van der Waals surface area contributed by atoms with E-state index in [1.165, 1.54) is 48.8 Å². The Balaban J connectivity index is 1.23. The number of hydrogen-bond acceptors (Lipinski definition) is 2. The number of carbonyl (C=O) groups is 1. The summed E-state index contributed by atoms with van der Waals surface area (Å²) in [6, 6.07) is 31.3. The first-order valence-corrected chi connectivity index (χ1v) is 13.3. The predicted octanol–water partition coefficient (Wildman–Crippen LogP) is 7.53. The van der Waals surface area contributed by atoms with E-state index in [9.17, 15) is 4.79 Å². The van der Waals surface area contributed by atoms with Gasteiger partial charge in [0.2, 0.25) is 0 Å². The van der Waals surface area contributed by atoms with Gasteiger partial charge in [0.1, 0.15) is 12.4 Å². The maximum atomic E-state index is 13.9. The number of ether oxygens (including phenoxy) is 1. The Morgan fingerprint density at radius 1 is 0.778 bits per heavy atom. The summed E-state index contributed by atoms with van der Waals surface area (Å²) in [6.45, 7) is 1.08. The minimum Gasteiger partial charge on any atom is -0.491 e. The number of hydrogen-bond donors (Lipinski definition) is 0. The number of fused-ring (bicyclic) bond motifs is 2. The van der Waals surface area contributed by atoms with Crippen LogP contribution in [0.2, 0.25) is 0 Å². The van der Waals surface area contributed by atoms with E-state index in [1.807, 2.05) is 35.2 Å². The van der Waals surface area contributed by atoms with Gasteiger partial charge in [-0.2, -0.15) is 0 Å². The molecule has 0 radical (unpaired) electrons. The SMILES string of the molecule is O=C(c1cccc2ccccc12)N1Cc2ccccc2C[C@H]1COc1ccc(C2CCCCC2)cc1. The van der Waals surface area contributed by atoms with Gasteiger partial charge in [-0.1, -0.05) is 92.1 Å². The predicted molar refractivity (Wildman–Crippen MR) is 146 cm³/mol. The lowest BCUT2D eigenvalue weighted by atomic mass is 9.84. The highest BCUT2D eigenvalue weighted by atomic mass is 16.5. The third-order valence-electron chi connectivity index (χ3n) is 8.04. The molecule has 0 aromatic heterocycles. The van der Waals surface area contributed by atoms with Crippen LogP contribution < -0.4 is 4.74 Å². The van der Waals surface area contributed by atoms with Crippen molar-refractivity contribution in [3.63, 3.8) is 0 Å². The van der Waals surface area contributed by atoms with Crippen LogP contribution in [0, 0.1) is 0 Å². The van der Waals surface area contributed by atoms with E-state index in [1.54, 1.807) is 0 Å². The monoisotopic (exact) mass is 475 g/mol. The molecular weight excluding hydrogens is 442 g/mol. The van der Waals surface area contributed by atoms with Gasteiger partial charge in [-0.25, -0.2) is 0 Å². The lowest BCUT2D eigenvalue weighted by Crippen LogP contribution is -2.47. The van der Waals surface area contributed by atoms with Gasteiger partial charge in [-0.15, -0.1) is 0 Å². The molecule has 6 rings (SSSR count). The second-order valence-electron chi connectivity index (χ2n) is 10.3. The van der Waals surface area contributed by atoms with Crippen molar-refractivity contribution in [2.45, 2.75) is 57.0 Å². The van der Waals surface area contributed by atoms with E-state index in [0.29, 0.717) is 19.1 Å². The second kappa shape index (κ2) is 10.2. The minimum absolute atomic E-state index is 0.0237. The molecule has 1 saturated carbocycles. The van der Waals surface area contributed by atoms with E-state index in [4.69, 9.17) is 4.74 Å². The van der Waals surface area contributed by atoms with Gasteiger partial charge in [0.05, 0.1) is 6.04 Å². The minimum atomic E-state index is -0.0237. The smallest absolute Gasteiger partial charge is 0.255 e. The van der Waals surface area contributed by atoms with Crippen molar-refractivity contribution >= 4 is 16.7 Å². The first-order valence-electron chi connectivity index (χ1n) is 13.3. The van der Waals surface area contributed by atoms with Crippen molar-refractivity contribution in [2.75, 3.05) is 6.61 Å². The van der Waals surface area contributed by atoms with Crippen LogP contribution in [-0.4, -0.2) is 23.5 Å². The summed E-state index contributed by atoms with van der Waals surface area (Å²) in [5, 5.41) is 2.09. The fourth-order valence-corrected chi connectivity index (χ4v) is 6.01. The molecule has 1 aliphatic carbocycles. The number of benzene rings is 4. The maximum absolute atomic E-state index is 13.9. The summed E-state index contributed by atoms with van der Waals surface area (Å²) in [7, 11) is 0. The van der Waals surface area contributed by atoms with Gasteiger partial charge in [0, 0.05) is 12.1 Å². The van der Waals surface area contributed by atoms with Crippen molar-refractivity contribution in [3.8, 4) is 5.75 Å². The van der Waals surface area contributed by atoms with Crippen LogP contribution in [0.5, 0.6) is 5.75 Å². The quantitative estimate of drug-likeness (QED) is 0.298. The van der Waals surface area contributed by atoms with E-state index < -0.39 is 0 Å². The molecule has 1 heterocycles. The number of amides is 1. The number of nitrogens with zero attached hydrogens (tertiary/aromatic N) is 1. The molecule has 3 heteroatoms.